The van der Waals surface area contributed by atoms with Crippen molar-refractivity contribution in [3.63, 3.8) is 0 Å². The zero-order chi connectivity index (χ0) is 20.3. The van der Waals surface area contributed by atoms with Crippen LogP contribution in [0.5, 0.6) is 0 Å². The molecule has 0 amide bonds. The Morgan fingerprint density at radius 3 is 2.39 bits per heavy atom. The van der Waals surface area contributed by atoms with Gasteiger partial charge in [-0.3, -0.25) is 4.79 Å². The molecule has 28 heavy (non-hydrogen) atoms. The summed E-state index contributed by atoms with van der Waals surface area (Å²) in [6, 6.07) is 14.2. The first-order valence-electron chi connectivity index (χ1n) is 8.58. The third-order valence-electron chi connectivity index (χ3n) is 4.69. The Kier molecular flexibility index (Phi) is 6.42. The number of hydrogen-bond donors (Lipinski definition) is 0. The monoisotopic (exact) mass is 462 g/mol. The van der Waals surface area contributed by atoms with Gasteiger partial charge >= 0.3 is 0 Å². The molecule has 0 fully saturated rings. The maximum Gasteiger partial charge on any atom is 0.250 e. The van der Waals surface area contributed by atoms with Gasteiger partial charge in [-0.15, -0.1) is 0 Å². The number of nitroso groups, excluding NO2 is 1. The van der Waals surface area contributed by atoms with Crippen LogP contribution >= 0.6 is 27.5 Å². The highest BCUT2D eigenvalue weighted by atomic mass is 79.9. The Morgan fingerprint density at radius 1 is 1.11 bits per heavy atom. The number of benzene rings is 2. The lowest BCUT2D eigenvalue weighted by Gasteiger charge is -2.22. The van der Waals surface area contributed by atoms with Crippen LogP contribution in [0.3, 0.4) is 0 Å². The van der Waals surface area contributed by atoms with Gasteiger partial charge in [-0.05, 0) is 53.4 Å². The summed E-state index contributed by atoms with van der Waals surface area (Å²) in [5.74, 6) is -0.701. The van der Waals surface area contributed by atoms with E-state index in [9.17, 15) is 14.1 Å². The lowest BCUT2D eigenvalue weighted by Crippen LogP contribution is -2.16. The highest BCUT2D eigenvalue weighted by Gasteiger charge is 2.24. The molecule has 4 nitrogen and oxygen atoms in total. The van der Waals surface area contributed by atoms with Gasteiger partial charge in [-0.2, -0.15) is 4.91 Å². The molecule has 2 atom stereocenters. The van der Waals surface area contributed by atoms with Gasteiger partial charge in [0.2, 0.25) is 5.56 Å². The molecule has 0 aliphatic carbocycles. The summed E-state index contributed by atoms with van der Waals surface area (Å²) < 4.78 is 15.9. The van der Waals surface area contributed by atoms with Crippen LogP contribution in [-0.4, -0.2) is 4.57 Å². The summed E-state index contributed by atoms with van der Waals surface area (Å²) in [5, 5.41) is 3.58. The van der Waals surface area contributed by atoms with Crippen LogP contribution in [0.1, 0.15) is 35.1 Å². The standard InChI is InChI=1S/C21H17BrClFN2O2/c1-26-12-14(4-9-21(26)27)20(25-28)11-18(13-2-5-15(22)6-3-13)17-8-7-16(24)10-19(17)23/h2-10,12,18,20H,11H2,1H3. The van der Waals surface area contributed by atoms with Gasteiger partial charge in [0, 0.05) is 34.7 Å². The molecule has 0 saturated carbocycles. The first kappa shape index (κ1) is 20.4. The zero-order valence-corrected chi connectivity index (χ0v) is 17.3. The molecule has 0 N–H and O–H groups in total. The van der Waals surface area contributed by atoms with Crippen LogP contribution in [0.2, 0.25) is 5.02 Å². The minimum atomic E-state index is -0.693. The van der Waals surface area contributed by atoms with E-state index in [1.807, 2.05) is 24.3 Å². The SMILES string of the molecule is Cn1cc(C(CC(c2ccc(Br)cc2)c2ccc(F)cc2Cl)N=O)ccc1=O. The Bertz CT molecular complexity index is 1050. The summed E-state index contributed by atoms with van der Waals surface area (Å²) in [5.41, 5.74) is 2.11. The van der Waals surface area contributed by atoms with E-state index < -0.39 is 11.9 Å². The lowest BCUT2D eigenvalue weighted by atomic mass is 9.84. The maximum atomic E-state index is 13.6. The molecule has 1 aromatic heterocycles. The molecule has 3 rings (SSSR count). The summed E-state index contributed by atoms with van der Waals surface area (Å²) in [7, 11) is 1.62. The quantitative estimate of drug-likeness (QED) is 0.423. The molecule has 0 radical (unpaired) electrons. The Labute approximate surface area is 175 Å². The summed E-state index contributed by atoms with van der Waals surface area (Å²) in [6.45, 7) is 0. The molecule has 7 heteroatoms. The number of pyridine rings is 1. The molecule has 0 aliphatic rings. The van der Waals surface area contributed by atoms with Crippen LogP contribution < -0.4 is 5.56 Å². The topological polar surface area (TPSA) is 51.4 Å². The van der Waals surface area contributed by atoms with Crippen LogP contribution in [0.4, 0.5) is 4.39 Å². The van der Waals surface area contributed by atoms with Crippen LogP contribution in [0, 0.1) is 10.7 Å². The van der Waals surface area contributed by atoms with Crippen molar-refractivity contribution < 1.29 is 4.39 Å². The van der Waals surface area contributed by atoms with Crippen molar-refractivity contribution in [1.82, 2.24) is 4.57 Å². The fraction of sp³-hybridized carbons (Fsp3) is 0.190. The minimum absolute atomic E-state index is 0.167. The average molecular weight is 464 g/mol. The van der Waals surface area contributed by atoms with E-state index in [1.54, 1.807) is 25.4 Å². The molecule has 2 unspecified atom stereocenters. The second-order valence-electron chi connectivity index (χ2n) is 6.54. The van der Waals surface area contributed by atoms with Crippen molar-refractivity contribution in [2.45, 2.75) is 18.4 Å². The molecule has 0 bridgehead atoms. The van der Waals surface area contributed by atoms with E-state index in [2.05, 4.69) is 21.1 Å². The molecule has 3 aromatic rings. The highest BCUT2D eigenvalue weighted by Crippen LogP contribution is 2.39. The zero-order valence-electron chi connectivity index (χ0n) is 15.0. The molecular formula is C21H17BrClFN2O2. The minimum Gasteiger partial charge on any atom is -0.318 e. The fourth-order valence-corrected chi connectivity index (χ4v) is 3.76. The number of nitrogens with zero attached hydrogens (tertiary/aromatic N) is 2. The molecule has 1 heterocycles. The molecule has 0 aliphatic heterocycles. The van der Waals surface area contributed by atoms with E-state index in [4.69, 9.17) is 11.6 Å². The van der Waals surface area contributed by atoms with Crippen molar-refractivity contribution in [1.29, 1.82) is 0 Å². The van der Waals surface area contributed by atoms with Crippen molar-refractivity contribution in [2.75, 3.05) is 0 Å². The second-order valence-corrected chi connectivity index (χ2v) is 7.86. The molecular weight excluding hydrogens is 447 g/mol. The summed E-state index contributed by atoms with van der Waals surface area (Å²) >= 11 is 9.73. The second kappa shape index (κ2) is 8.80. The lowest BCUT2D eigenvalue weighted by molar-refractivity contribution is 0.585. The fourth-order valence-electron chi connectivity index (χ4n) is 3.20. The summed E-state index contributed by atoms with van der Waals surface area (Å²) in [4.78, 5) is 23.3. The van der Waals surface area contributed by atoms with Gasteiger partial charge in [0.25, 0.3) is 0 Å². The van der Waals surface area contributed by atoms with Crippen molar-refractivity contribution in [3.8, 4) is 0 Å². The van der Waals surface area contributed by atoms with Crippen molar-refractivity contribution in [3.05, 3.63) is 108 Å². The van der Waals surface area contributed by atoms with Gasteiger partial charge in [-0.1, -0.05) is 50.9 Å². The van der Waals surface area contributed by atoms with Crippen LogP contribution in [0.25, 0.3) is 0 Å². The Balaban J connectivity index is 2.04. The van der Waals surface area contributed by atoms with Crippen LogP contribution in [-0.2, 0) is 7.05 Å². The first-order valence-corrected chi connectivity index (χ1v) is 9.75. The van der Waals surface area contributed by atoms with E-state index >= 15 is 0 Å². The van der Waals surface area contributed by atoms with Gasteiger partial charge in [0.05, 0.1) is 0 Å². The molecule has 0 saturated heterocycles. The molecule has 2 aromatic carbocycles. The smallest absolute Gasteiger partial charge is 0.250 e. The predicted molar refractivity (Wildman–Crippen MR) is 112 cm³/mol. The molecule has 144 valence electrons. The van der Waals surface area contributed by atoms with Gasteiger partial charge in [-0.25, -0.2) is 4.39 Å². The van der Waals surface area contributed by atoms with Gasteiger partial charge in [0.1, 0.15) is 11.9 Å². The Morgan fingerprint density at radius 2 is 1.79 bits per heavy atom. The third-order valence-corrected chi connectivity index (χ3v) is 5.55. The van der Waals surface area contributed by atoms with E-state index in [0.717, 1.165) is 10.0 Å². The number of halogens is 3. The largest absolute Gasteiger partial charge is 0.318 e. The van der Waals surface area contributed by atoms with Crippen molar-refractivity contribution >= 4 is 27.5 Å². The summed E-state index contributed by atoms with van der Waals surface area (Å²) in [6.07, 6.45) is 1.94. The number of aromatic nitrogens is 1. The predicted octanol–water partition coefficient (Wildman–Crippen LogP) is 5.97. The van der Waals surface area contributed by atoms with Gasteiger partial charge < -0.3 is 4.57 Å². The average Bonchev–Trinajstić information content (AvgIpc) is 2.67. The van der Waals surface area contributed by atoms with Crippen molar-refractivity contribution in [2.24, 2.45) is 12.2 Å². The van der Waals surface area contributed by atoms with E-state index in [-0.39, 0.29) is 16.5 Å². The first-order chi connectivity index (χ1) is 13.4. The van der Waals surface area contributed by atoms with E-state index in [0.29, 0.717) is 17.5 Å². The normalized spacial score (nSPS) is 13.1. The number of rotatable bonds is 6. The Hall–Kier alpha value is -2.31. The number of aryl methyl sites for hydroxylation is 1. The maximum absolute atomic E-state index is 13.6. The van der Waals surface area contributed by atoms with Gasteiger partial charge in [0.15, 0.2) is 0 Å². The number of hydrogen-bond acceptors (Lipinski definition) is 3. The van der Waals surface area contributed by atoms with E-state index in [1.165, 1.54) is 22.8 Å². The van der Waals surface area contributed by atoms with Crippen LogP contribution in [0.15, 0.2) is 75.2 Å². The highest BCUT2D eigenvalue weighted by molar-refractivity contribution is 9.10. The third kappa shape index (κ3) is 4.56. The molecule has 0 spiro atoms.